The predicted molar refractivity (Wildman–Crippen MR) is 382 cm³/mol. The molecule has 0 radical (unpaired) electrons. The molecule has 2 rings (SSSR count). The number of carboxylic acid groups (broad SMARTS) is 4. The minimum absolute atomic E-state index is 0.00791. The number of carbonyl (C=O) groups is 15. The summed E-state index contributed by atoms with van der Waals surface area (Å²) in [5.74, 6) is -18.4. The molecule has 0 spiro atoms. The minimum Gasteiger partial charge on any atom is -0.508 e. The maximum absolute atomic E-state index is 14.8. The number of aromatic amines is 1. The fourth-order valence-electron chi connectivity index (χ4n) is 10.5. The first-order chi connectivity index (χ1) is 50.5. The highest BCUT2D eigenvalue weighted by atomic mass is 16.4. The van der Waals surface area contributed by atoms with Crippen molar-refractivity contribution in [1.82, 2.24) is 73.8 Å². The van der Waals surface area contributed by atoms with Gasteiger partial charge in [0.25, 0.3) is 0 Å². The van der Waals surface area contributed by atoms with Crippen molar-refractivity contribution >= 4 is 101 Å². The number of unbranched alkanes of at least 4 members (excludes halogenated alkanes) is 2. The molecule has 0 bridgehead atoms. The average Bonchev–Trinajstić information content (AvgIpc) is 1.47. The lowest BCUT2D eigenvalue weighted by Gasteiger charge is -2.28. The Morgan fingerprint density at radius 2 is 0.748 bits per heavy atom. The molecule has 596 valence electrons. The summed E-state index contributed by atoms with van der Waals surface area (Å²) < 4.78 is 0. The number of nitrogens with two attached hydrogens (primary N) is 6. The lowest BCUT2D eigenvalue weighted by molar-refractivity contribution is -0.144. The molecule has 1 aromatic carbocycles. The Hall–Kier alpha value is -11.3. The van der Waals surface area contributed by atoms with E-state index in [1.807, 2.05) is 0 Å². The first-order valence-electron chi connectivity index (χ1n) is 34.8. The molecule has 2 aromatic rings. The normalized spacial score (nSPS) is 14.1. The van der Waals surface area contributed by atoms with E-state index in [1.165, 1.54) is 36.8 Å². The number of aliphatic carboxylic acids is 4. The number of carbonyl (C=O) groups excluding carboxylic acids is 11. The SMILES string of the molecule is CC(C)C[C@H](N)C(=O)N[C@@H](CCC(N)=O)C(=O)N[C@@H](CCC(=O)O)C(=O)N[C@@H](Cc1ccc(O)cc1)C(=O)N[C@@H](CCCNC(=N)N)C(=O)N[C@@H](CCCCN)C(=O)N[C@@H](CCCCN)C(=O)N[C@@H](Cc1c[nH]cn1)C(=O)N[C@@H](CCCNC(=N)N)C(=O)N[C@@H](CCC(=O)O)C(=O)N[C@@H](CCC(=O)O)C(=O)O. The van der Waals surface area contributed by atoms with Crippen LogP contribution in [0.1, 0.15) is 147 Å². The van der Waals surface area contributed by atoms with E-state index < -0.39 is 225 Å². The molecule has 32 N–H and O–H groups in total. The number of rotatable bonds is 55. The van der Waals surface area contributed by atoms with E-state index in [0.29, 0.717) is 18.4 Å². The molecule has 0 aliphatic carbocycles. The van der Waals surface area contributed by atoms with Crippen LogP contribution in [-0.2, 0) is 84.8 Å². The Morgan fingerprint density at radius 3 is 1.07 bits per heavy atom. The lowest BCUT2D eigenvalue weighted by atomic mass is 10.0. The van der Waals surface area contributed by atoms with Gasteiger partial charge >= 0.3 is 23.9 Å². The number of nitrogens with one attached hydrogen (secondary N) is 15. The Morgan fingerprint density at radius 1 is 0.430 bits per heavy atom. The van der Waals surface area contributed by atoms with Crippen molar-refractivity contribution in [2.45, 2.75) is 215 Å². The van der Waals surface area contributed by atoms with Crippen molar-refractivity contribution in [1.29, 1.82) is 10.8 Å². The zero-order valence-electron chi connectivity index (χ0n) is 59.8. The van der Waals surface area contributed by atoms with Crippen LogP contribution in [0.15, 0.2) is 36.8 Å². The van der Waals surface area contributed by atoms with Gasteiger partial charge in [0.15, 0.2) is 11.9 Å². The van der Waals surface area contributed by atoms with Crippen LogP contribution in [-0.4, -0.2) is 229 Å². The van der Waals surface area contributed by atoms with Crippen LogP contribution >= 0.6 is 0 Å². The summed E-state index contributed by atoms with van der Waals surface area (Å²) in [6.45, 7) is 3.71. The van der Waals surface area contributed by atoms with E-state index in [2.05, 4.69) is 73.8 Å². The third kappa shape index (κ3) is 38.3. The van der Waals surface area contributed by atoms with Gasteiger partial charge in [-0.15, -0.1) is 0 Å². The van der Waals surface area contributed by atoms with Crippen LogP contribution in [0.3, 0.4) is 0 Å². The number of amides is 11. The predicted octanol–water partition coefficient (Wildman–Crippen LogP) is -6.15. The molecule has 0 saturated carbocycles. The molecule has 0 aliphatic heterocycles. The molecule has 11 amide bonds. The fourth-order valence-corrected chi connectivity index (χ4v) is 10.5. The Kier molecular flexibility index (Phi) is 42.4. The average molecular weight is 1520 g/mol. The van der Waals surface area contributed by atoms with Gasteiger partial charge in [0, 0.05) is 57.8 Å². The molecule has 42 nitrogen and oxygen atoms in total. The Labute approximate surface area is 616 Å². The molecule has 0 unspecified atom stereocenters. The van der Waals surface area contributed by atoms with Crippen molar-refractivity contribution in [2.75, 3.05) is 26.2 Å². The number of aromatic nitrogens is 2. The molecule has 11 atom stereocenters. The van der Waals surface area contributed by atoms with Crippen LogP contribution in [0, 0.1) is 16.7 Å². The summed E-state index contributed by atoms with van der Waals surface area (Å²) in [5, 5.41) is 93.5. The van der Waals surface area contributed by atoms with Crippen molar-refractivity contribution in [3.8, 4) is 5.75 Å². The van der Waals surface area contributed by atoms with Gasteiger partial charge in [-0.3, -0.25) is 77.9 Å². The second-order valence-electron chi connectivity index (χ2n) is 25.7. The lowest BCUT2D eigenvalue weighted by Crippen LogP contribution is -2.61. The minimum atomic E-state index is -1.80. The van der Waals surface area contributed by atoms with E-state index in [1.54, 1.807) is 13.8 Å². The molecular weight excluding hydrogens is 1410 g/mol. The van der Waals surface area contributed by atoms with E-state index in [0.717, 1.165) is 0 Å². The summed E-state index contributed by atoms with van der Waals surface area (Å²) in [7, 11) is 0. The van der Waals surface area contributed by atoms with Crippen LogP contribution in [0.25, 0.3) is 0 Å². The van der Waals surface area contributed by atoms with Crippen LogP contribution in [0.5, 0.6) is 5.75 Å². The number of hydrogen-bond acceptors (Lipinski definition) is 22. The van der Waals surface area contributed by atoms with Gasteiger partial charge in [-0.2, -0.15) is 0 Å². The number of hydrogen-bond donors (Lipinski definition) is 26. The molecule has 0 fully saturated rings. The highest BCUT2D eigenvalue weighted by Gasteiger charge is 2.37. The number of benzene rings is 1. The smallest absolute Gasteiger partial charge is 0.326 e. The fraction of sp³-hybridized carbons (Fsp3) is 0.600. The van der Waals surface area contributed by atoms with Gasteiger partial charge in [-0.25, -0.2) is 9.78 Å². The van der Waals surface area contributed by atoms with Crippen molar-refractivity contribution < 1.29 is 97.5 Å². The maximum Gasteiger partial charge on any atom is 0.326 e. The first-order valence-corrected chi connectivity index (χ1v) is 34.8. The topological polar surface area (TPSA) is 734 Å². The number of carboxylic acids is 4. The highest BCUT2D eigenvalue weighted by molar-refractivity contribution is 5.99. The van der Waals surface area contributed by atoms with Crippen molar-refractivity contribution in [3.63, 3.8) is 0 Å². The van der Waals surface area contributed by atoms with E-state index >= 15 is 0 Å². The molecule has 42 heteroatoms. The Balaban J connectivity index is 2.72. The van der Waals surface area contributed by atoms with Gasteiger partial charge in [0.2, 0.25) is 65.0 Å². The number of guanidine groups is 2. The van der Waals surface area contributed by atoms with E-state index in [9.17, 15) is 92.3 Å². The first kappa shape index (κ1) is 91.8. The van der Waals surface area contributed by atoms with E-state index in [4.69, 9.17) is 50.3 Å². The molecule has 107 heavy (non-hydrogen) atoms. The van der Waals surface area contributed by atoms with Gasteiger partial charge in [0.1, 0.15) is 66.2 Å². The van der Waals surface area contributed by atoms with Crippen LogP contribution < -0.4 is 98.2 Å². The summed E-state index contributed by atoms with van der Waals surface area (Å²) in [5.41, 5.74) is 34.6. The maximum atomic E-state index is 14.8. The zero-order chi connectivity index (χ0) is 80.3. The van der Waals surface area contributed by atoms with Crippen molar-refractivity contribution in [2.24, 2.45) is 40.3 Å². The van der Waals surface area contributed by atoms with Gasteiger partial charge < -0.3 is 129 Å². The number of aromatic hydroxyl groups is 1. The monoisotopic (exact) mass is 1510 g/mol. The zero-order valence-corrected chi connectivity index (χ0v) is 59.8. The van der Waals surface area contributed by atoms with Gasteiger partial charge in [-0.1, -0.05) is 26.0 Å². The largest absolute Gasteiger partial charge is 0.508 e. The van der Waals surface area contributed by atoms with Crippen molar-refractivity contribution in [3.05, 3.63) is 48.0 Å². The number of nitrogens with zero attached hydrogens (tertiary/aromatic N) is 1. The number of primary amides is 1. The van der Waals surface area contributed by atoms with E-state index in [-0.39, 0.29) is 108 Å². The van der Waals surface area contributed by atoms with Gasteiger partial charge in [0.05, 0.1) is 18.1 Å². The summed E-state index contributed by atoms with van der Waals surface area (Å²) >= 11 is 0. The second-order valence-corrected chi connectivity index (χ2v) is 25.7. The quantitative estimate of drug-likeness (QED) is 0.0166. The number of phenols is 1. The number of imidazole rings is 1. The van der Waals surface area contributed by atoms with Crippen LogP contribution in [0.2, 0.25) is 0 Å². The third-order valence-corrected chi connectivity index (χ3v) is 16.2. The third-order valence-electron chi connectivity index (χ3n) is 16.2. The molecule has 1 heterocycles. The molecule has 0 aliphatic rings. The summed E-state index contributed by atoms with van der Waals surface area (Å²) in [6, 6.07) is -12.4. The Bertz CT molecular complexity index is 3310. The summed E-state index contributed by atoms with van der Waals surface area (Å²) in [6.07, 6.45) is -2.75. The standard InChI is InChI=1S/C65H106N22O20/c1-34(2)29-38(68)53(96)78-43(17-21-49(69)89)58(101)84-45(19-23-51(92)93)60(103)86-47(30-35-13-15-37(88)16-14-35)61(104)81-41(11-7-27-75-64(70)71)55(98)79-39(9-3-5-25-66)54(97)80-40(10-4-6-26-67)57(100)87-48(31-36-32-74-33-77-36)62(105)82-42(12-8-28-76-65(72)73)56(99)83-44(18-22-50(90)91)59(102)85-46(63(106)107)20-24-52(94)95/h13-16,32-34,38-48,88H,3-12,17-31,66-68H2,1-2H3,(H2,69,89)(H,74,77)(H,78,96)(H,79,98)(H,80,97)(H,81,104)(H,82,105)(H,83,99)(H,84,101)(H,85,102)(H,86,103)(H,87,100)(H,90,91)(H,92,93)(H,94,95)(H,106,107)(H4,70,71,75)(H4,72,73,76)/t38-,39-,40-,41-,42-,43-,44-,45-,46-,47-,48-/m0/s1. The molecule has 0 saturated heterocycles. The molecule has 1 aromatic heterocycles. The van der Waals surface area contributed by atoms with Gasteiger partial charge in [-0.05, 0) is 133 Å². The molecular formula is C65H106N22O20. The van der Waals surface area contributed by atoms with Crippen LogP contribution in [0.4, 0.5) is 0 Å². The number of H-pyrrole nitrogens is 1. The summed E-state index contributed by atoms with van der Waals surface area (Å²) in [4.78, 5) is 209. The number of phenolic OH excluding ortho intramolecular Hbond substituents is 1. The highest BCUT2D eigenvalue weighted by Crippen LogP contribution is 2.16. The second kappa shape index (κ2) is 49.4.